The summed E-state index contributed by atoms with van der Waals surface area (Å²) in [6, 6.07) is 6.66. The second kappa shape index (κ2) is 8.27. The molecule has 0 fully saturated rings. The van der Waals surface area contributed by atoms with E-state index in [-0.39, 0.29) is 11.8 Å². The van der Waals surface area contributed by atoms with E-state index in [1.54, 1.807) is 0 Å². The number of amides is 1. The van der Waals surface area contributed by atoms with Crippen LogP contribution in [0.2, 0.25) is 0 Å². The van der Waals surface area contributed by atoms with Crippen molar-refractivity contribution >= 4 is 34.3 Å². The lowest BCUT2D eigenvalue weighted by molar-refractivity contribution is -0.165. The predicted molar refractivity (Wildman–Crippen MR) is 106 cm³/mol. The number of likely N-dealkylation sites (N-methyl/N-ethyl adjacent to an activating group) is 1. The first kappa shape index (κ1) is 21.5. The maximum Gasteiger partial charge on any atom is 0.335 e. The summed E-state index contributed by atoms with van der Waals surface area (Å²) in [5, 5.41) is 33.8. The van der Waals surface area contributed by atoms with Gasteiger partial charge in [0.2, 0.25) is 5.91 Å². The van der Waals surface area contributed by atoms with Crippen LogP contribution in [0.15, 0.2) is 30.5 Å². The summed E-state index contributed by atoms with van der Waals surface area (Å²) in [5.41, 5.74) is 10.5. The fourth-order valence-electron chi connectivity index (χ4n) is 3.90. The number of aromatic amines is 1. The van der Waals surface area contributed by atoms with Gasteiger partial charge in [0.25, 0.3) is 0 Å². The van der Waals surface area contributed by atoms with Gasteiger partial charge >= 0.3 is 11.9 Å². The lowest BCUT2D eigenvalue weighted by Gasteiger charge is -2.39. The topological polar surface area (TPSA) is 177 Å². The fourth-order valence-corrected chi connectivity index (χ4v) is 3.90. The minimum atomic E-state index is -2.27. The number of fused-ring (bicyclic) bond motifs is 2. The number of aromatic nitrogens is 1. The van der Waals surface area contributed by atoms with Crippen molar-refractivity contribution in [3.05, 3.63) is 41.6 Å². The molecule has 2 heterocycles. The van der Waals surface area contributed by atoms with Gasteiger partial charge in [-0.05, 0) is 36.2 Å². The van der Waals surface area contributed by atoms with E-state index in [9.17, 15) is 14.4 Å². The number of rotatable bonds is 4. The van der Waals surface area contributed by atoms with E-state index in [2.05, 4.69) is 47.4 Å². The summed E-state index contributed by atoms with van der Waals surface area (Å²) in [6.45, 7) is 0.708. The average molecular weight is 417 g/mol. The molecular formula is C20H23N3O7. The first-order chi connectivity index (χ1) is 14.1. The molecule has 0 saturated carbocycles. The van der Waals surface area contributed by atoms with Gasteiger partial charge in [-0.15, -0.1) is 0 Å². The Morgan fingerprint density at radius 2 is 1.80 bits per heavy atom. The number of aliphatic hydroxyl groups is 2. The number of nitrogens with one attached hydrogen (secondary N) is 1. The van der Waals surface area contributed by atoms with Crippen molar-refractivity contribution in [1.82, 2.24) is 9.88 Å². The number of carboxylic acids is 2. The lowest BCUT2D eigenvalue weighted by atomic mass is 9.80. The van der Waals surface area contributed by atoms with Crippen molar-refractivity contribution in [2.24, 2.45) is 11.7 Å². The fraction of sp³-hybridized carbons (Fsp3) is 0.350. The summed E-state index contributed by atoms with van der Waals surface area (Å²) in [7, 11) is 2.07. The van der Waals surface area contributed by atoms with Crippen LogP contribution in [-0.2, 0) is 20.8 Å². The minimum absolute atomic E-state index is 0.193. The molecule has 4 rings (SSSR count). The second-order valence-electron chi connectivity index (χ2n) is 7.40. The molecule has 1 aromatic carbocycles. The third-order valence-electron chi connectivity index (χ3n) is 5.44. The molecular weight excluding hydrogens is 394 g/mol. The predicted octanol–water partition coefficient (Wildman–Crippen LogP) is -0.600. The third kappa shape index (κ3) is 3.92. The van der Waals surface area contributed by atoms with Crippen molar-refractivity contribution in [3.63, 3.8) is 0 Å². The molecule has 30 heavy (non-hydrogen) atoms. The smallest absolute Gasteiger partial charge is 0.335 e. The monoisotopic (exact) mass is 417 g/mol. The summed E-state index contributed by atoms with van der Waals surface area (Å²) in [5.74, 6) is -3.97. The Labute approximate surface area is 171 Å². The number of carbonyl (C=O) groups excluding carboxylic acids is 1. The van der Waals surface area contributed by atoms with E-state index in [0.29, 0.717) is 12.6 Å². The first-order valence-electron chi connectivity index (χ1n) is 9.24. The van der Waals surface area contributed by atoms with Gasteiger partial charge in [0, 0.05) is 29.7 Å². The van der Waals surface area contributed by atoms with Crippen LogP contribution in [0, 0.1) is 5.92 Å². The highest BCUT2D eigenvalue weighted by Gasteiger charge is 2.35. The second-order valence-corrected chi connectivity index (χ2v) is 7.40. The van der Waals surface area contributed by atoms with Crippen molar-refractivity contribution < 1.29 is 34.8 Å². The summed E-state index contributed by atoms with van der Waals surface area (Å²) in [6.07, 6.45) is 0.650. The van der Waals surface area contributed by atoms with Gasteiger partial charge in [-0.2, -0.15) is 0 Å². The van der Waals surface area contributed by atoms with Gasteiger partial charge in [0.15, 0.2) is 12.2 Å². The highest BCUT2D eigenvalue weighted by molar-refractivity contribution is 5.99. The van der Waals surface area contributed by atoms with Crippen LogP contribution >= 0.6 is 0 Å². The number of nitrogens with zero attached hydrogens (tertiary/aromatic N) is 1. The normalized spacial score (nSPS) is 22.2. The van der Waals surface area contributed by atoms with Crippen LogP contribution < -0.4 is 5.73 Å². The Bertz CT molecular complexity index is 1010. The summed E-state index contributed by atoms with van der Waals surface area (Å²) >= 11 is 0. The van der Waals surface area contributed by atoms with Gasteiger partial charge in [-0.1, -0.05) is 18.2 Å². The number of aliphatic hydroxyl groups excluding tert-OH is 2. The molecule has 160 valence electrons. The quantitative estimate of drug-likeness (QED) is 0.382. The number of nitrogens with two attached hydrogens (primary N) is 1. The van der Waals surface area contributed by atoms with Gasteiger partial charge in [-0.25, -0.2) is 9.59 Å². The average Bonchev–Trinajstić information content (AvgIpc) is 3.12. The summed E-state index contributed by atoms with van der Waals surface area (Å²) < 4.78 is 0. The summed E-state index contributed by atoms with van der Waals surface area (Å²) in [4.78, 5) is 36.7. The zero-order valence-electron chi connectivity index (χ0n) is 16.1. The van der Waals surface area contributed by atoms with Crippen molar-refractivity contribution in [3.8, 4) is 0 Å². The molecule has 0 radical (unpaired) electrons. The van der Waals surface area contributed by atoms with E-state index >= 15 is 0 Å². The lowest BCUT2D eigenvalue weighted by Crippen LogP contribution is -2.45. The number of hydrogen-bond acceptors (Lipinski definition) is 6. The number of carbonyl (C=O) groups is 3. The number of primary amides is 1. The Morgan fingerprint density at radius 3 is 2.37 bits per heavy atom. The van der Waals surface area contributed by atoms with E-state index in [1.807, 2.05) is 0 Å². The zero-order chi connectivity index (χ0) is 22.2. The molecule has 10 nitrogen and oxygen atoms in total. The molecule has 2 aliphatic rings. The Kier molecular flexibility index (Phi) is 5.92. The van der Waals surface area contributed by atoms with Crippen LogP contribution in [0.3, 0.4) is 0 Å². The van der Waals surface area contributed by atoms with Crippen LogP contribution in [0.4, 0.5) is 0 Å². The molecule has 7 N–H and O–H groups in total. The Hall–Kier alpha value is -3.21. The minimum Gasteiger partial charge on any atom is -0.479 e. The Morgan fingerprint density at radius 1 is 1.17 bits per heavy atom. The standard InChI is InChI=1S/C16H17N3O.C4H6O6/c1-19-8-10(16(17)20)5-12-11-3-2-4-13-15(11)9(7-18-13)6-14(12)19;5-1(3(7)8)2(6)4(9)10/h2-5,7,10,14,18H,6,8H2,1H3,(H2,17,20);1-2,5-6H,(H,7,8)(H,9,10)/t10-,14-;/m1./s1. The molecule has 0 bridgehead atoms. The van der Waals surface area contributed by atoms with Gasteiger partial charge in [0.05, 0.1) is 5.92 Å². The maximum atomic E-state index is 11.6. The van der Waals surface area contributed by atoms with Crippen molar-refractivity contribution in [1.29, 1.82) is 0 Å². The molecule has 1 aliphatic heterocycles. The van der Waals surface area contributed by atoms with Crippen molar-refractivity contribution in [2.45, 2.75) is 24.7 Å². The molecule has 1 aromatic heterocycles. The van der Waals surface area contributed by atoms with E-state index in [4.69, 9.17) is 26.2 Å². The van der Waals surface area contributed by atoms with Gasteiger partial charge in [-0.3, -0.25) is 9.69 Å². The van der Waals surface area contributed by atoms with Crippen LogP contribution in [0.25, 0.3) is 16.5 Å². The van der Waals surface area contributed by atoms with Crippen LogP contribution in [-0.4, -0.2) is 80.0 Å². The molecule has 0 spiro atoms. The zero-order valence-corrected chi connectivity index (χ0v) is 16.1. The first-order valence-corrected chi connectivity index (χ1v) is 9.24. The van der Waals surface area contributed by atoms with Gasteiger partial charge in [0.1, 0.15) is 0 Å². The molecule has 2 aromatic rings. The highest BCUT2D eigenvalue weighted by atomic mass is 16.4. The van der Waals surface area contributed by atoms with Crippen LogP contribution in [0.5, 0.6) is 0 Å². The number of hydrogen-bond donors (Lipinski definition) is 6. The number of H-pyrrole nitrogens is 1. The largest absolute Gasteiger partial charge is 0.479 e. The molecule has 0 saturated heterocycles. The maximum absolute atomic E-state index is 11.6. The molecule has 2 unspecified atom stereocenters. The molecule has 1 aliphatic carbocycles. The van der Waals surface area contributed by atoms with E-state index < -0.39 is 24.1 Å². The molecule has 10 heteroatoms. The number of aliphatic carboxylic acids is 2. The van der Waals surface area contributed by atoms with E-state index in [0.717, 1.165) is 6.42 Å². The molecule has 4 atom stereocenters. The van der Waals surface area contributed by atoms with Gasteiger partial charge < -0.3 is 31.1 Å². The van der Waals surface area contributed by atoms with Crippen LogP contribution in [0.1, 0.15) is 11.1 Å². The molecule has 1 amide bonds. The van der Waals surface area contributed by atoms with E-state index in [1.165, 1.54) is 27.6 Å². The third-order valence-corrected chi connectivity index (χ3v) is 5.44. The highest BCUT2D eigenvalue weighted by Crippen LogP contribution is 2.40. The SMILES string of the molecule is CN1C[C@H](C(N)=O)C=C2c3cccc4[nH]cc(c34)C[C@H]21.O=C(O)C(O)C(O)C(=O)O. The number of carboxylic acid groups (broad SMARTS) is 2. The van der Waals surface area contributed by atoms with Crippen molar-refractivity contribution in [2.75, 3.05) is 13.6 Å². The Balaban J connectivity index is 0.000000220. The number of benzene rings is 1.